The normalized spacial score (nSPS) is 21.5. The molecular formula is C16H25NO5S. The maximum atomic E-state index is 11.5. The van der Waals surface area contributed by atoms with E-state index in [-0.39, 0.29) is 24.2 Å². The molecule has 1 N–H and O–H groups in total. The van der Waals surface area contributed by atoms with Gasteiger partial charge < -0.3 is 14.6 Å². The van der Waals surface area contributed by atoms with Gasteiger partial charge in [0.1, 0.15) is 5.75 Å². The fourth-order valence-corrected chi connectivity index (χ4v) is 4.59. The molecule has 7 heteroatoms. The maximum Gasteiger partial charge on any atom is 0.151 e. The summed E-state index contributed by atoms with van der Waals surface area (Å²) in [4.78, 5) is 1.90. The number of benzene rings is 1. The number of methoxy groups -OCH3 is 1. The van der Waals surface area contributed by atoms with Crippen molar-refractivity contribution in [2.75, 3.05) is 38.8 Å². The Bertz CT molecular complexity index is 604. The molecule has 2 atom stereocenters. The van der Waals surface area contributed by atoms with Crippen LogP contribution in [-0.2, 0) is 21.2 Å². The standard InChI is InChI=1S/C16H25NO5S/c1-17(14-7-8-23(19,20)12-14)9-15(18)11-22-10-13-5-3-4-6-16(13)21-2/h3-6,14-15,18H,7-12H2,1-2H3/t14-,15+/m0/s1. The Labute approximate surface area is 137 Å². The third kappa shape index (κ3) is 5.46. The molecule has 1 heterocycles. The molecule has 1 aliphatic rings. The largest absolute Gasteiger partial charge is 0.496 e. The quantitative estimate of drug-likeness (QED) is 0.748. The maximum absolute atomic E-state index is 11.5. The SMILES string of the molecule is COc1ccccc1COC[C@H](O)CN(C)[C@H]1CCS(=O)(=O)C1. The van der Waals surface area contributed by atoms with Gasteiger partial charge in [-0.05, 0) is 19.5 Å². The zero-order chi connectivity index (χ0) is 16.9. The van der Waals surface area contributed by atoms with Crippen LogP contribution in [0.1, 0.15) is 12.0 Å². The molecule has 0 bridgehead atoms. The topological polar surface area (TPSA) is 76.1 Å². The van der Waals surface area contributed by atoms with E-state index >= 15 is 0 Å². The van der Waals surface area contributed by atoms with Crippen LogP contribution in [0.25, 0.3) is 0 Å². The lowest BCUT2D eigenvalue weighted by molar-refractivity contribution is 0.00863. The highest BCUT2D eigenvalue weighted by molar-refractivity contribution is 7.91. The average Bonchev–Trinajstić information content (AvgIpc) is 2.88. The van der Waals surface area contributed by atoms with Crippen LogP contribution >= 0.6 is 0 Å². The molecule has 0 aliphatic carbocycles. The lowest BCUT2D eigenvalue weighted by atomic mass is 10.2. The van der Waals surface area contributed by atoms with Gasteiger partial charge in [-0.3, -0.25) is 4.90 Å². The van der Waals surface area contributed by atoms with E-state index in [0.29, 0.717) is 19.6 Å². The molecule has 0 saturated carbocycles. The zero-order valence-corrected chi connectivity index (χ0v) is 14.5. The summed E-state index contributed by atoms with van der Waals surface area (Å²) in [6.45, 7) is 0.955. The summed E-state index contributed by atoms with van der Waals surface area (Å²) in [7, 11) is 0.546. The number of rotatable bonds is 8. The van der Waals surface area contributed by atoms with Gasteiger partial charge in [-0.25, -0.2) is 8.42 Å². The van der Waals surface area contributed by atoms with Crippen molar-refractivity contribution in [3.05, 3.63) is 29.8 Å². The Balaban J connectivity index is 1.74. The number of hydrogen-bond acceptors (Lipinski definition) is 6. The van der Waals surface area contributed by atoms with Crippen LogP contribution in [0, 0.1) is 0 Å². The lowest BCUT2D eigenvalue weighted by Gasteiger charge is -2.25. The monoisotopic (exact) mass is 343 g/mol. The summed E-state index contributed by atoms with van der Waals surface area (Å²) in [5, 5.41) is 10.1. The van der Waals surface area contributed by atoms with E-state index in [9.17, 15) is 13.5 Å². The second-order valence-electron chi connectivity index (χ2n) is 5.98. The van der Waals surface area contributed by atoms with E-state index in [4.69, 9.17) is 9.47 Å². The van der Waals surface area contributed by atoms with Crippen LogP contribution in [-0.4, -0.2) is 69.4 Å². The van der Waals surface area contributed by atoms with Crippen LogP contribution < -0.4 is 4.74 Å². The van der Waals surface area contributed by atoms with Gasteiger partial charge >= 0.3 is 0 Å². The molecular weight excluding hydrogens is 318 g/mol. The van der Waals surface area contributed by atoms with Crippen molar-refractivity contribution in [1.82, 2.24) is 4.90 Å². The first kappa shape index (κ1) is 18.2. The van der Waals surface area contributed by atoms with Crippen molar-refractivity contribution < 1.29 is 23.0 Å². The summed E-state index contributed by atoms with van der Waals surface area (Å²) >= 11 is 0. The molecule has 0 amide bonds. The highest BCUT2D eigenvalue weighted by Gasteiger charge is 2.31. The van der Waals surface area contributed by atoms with Gasteiger partial charge in [0.05, 0.1) is 37.9 Å². The first-order valence-electron chi connectivity index (χ1n) is 7.69. The van der Waals surface area contributed by atoms with Crippen molar-refractivity contribution >= 4 is 9.84 Å². The molecule has 1 aliphatic heterocycles. The van der Waals surface area contributed by atoms with Gasteiger partial charge in [0.2, 0.25) is 0 Å². The Morgan fingerprint density at radius 2 is 2.13 bits per heavy atom. The minimum atomic E-state index is -2.91. The van der Waals surface area contributed by atoms with Crippen LogP contribution in [0.4, 0.5) is 0 Å². The predicted octanol–water partition coefficient (Wildman–Crippen LogP) is 0.692. The average molecular weight is 343 g/mol. The predicted molar refractivity (Wildman–Crippen MR) is 88.3 cm³/mol. The molecule has 1 fully saturated rings. The second-order valence-corrected chi connectivity index (χ2v) is 8.21. The smallest absolute Gasteiger partial charge is 0.151 e. The number of aliphatic hydroxyl groups excluding tert-OH is 1. The molecule has 0 aromatic heterocycles. The minimum Gasteiger partial charge on any atom is -0.496 e. The molecule has 6 nitrogen and oxygen atoms in total. The molecule has 1 saturated heterocycles. The number of likely N-dealkylation sites (N-methyl/N-ethyl adjacent to an activating group) is 1. The molecule has 130 valence electrons. The number of nitrogens with zero attached hydrogens (tertiary/aromatic N) is 1. The Hall–Kier alpha value is -1.15. The fraction of sp³-hybridized carbons (Fsp3) is 0.625. The first-order valence-corrected chi connectivity index (χ1v) is 9.52. The van der Waals surface area contributed by atoms with Crippen LogP contribution in [0.15, 0.2) is 24.3 Å². The third-order valence-electron chi connectivity index (χ3n) is 4.09. The molecule has 2 rings (SSSR count). The van der Waals surface area contributed by atoms with Gasteiger partial charge in [-0.15, -0.1) is 0 Å². The van der Waals surface area contributed by atoms with Crippen LogP contribution in [0.5, 0.6) is 5.75 Å². The Morgan fingerprint density at radius 1 is 1.39 bits per heavy atom. The summed E-state index contributed by atoms with van der Waals surface area (Å²) in [5.41, 5.74) is 0.928. The number of sulfone groups is 1. The van der Waals surface area contributed by atoms with Gasteiger partial charge in [0.25, 0.3) is 0 Å². The van der Waals surface area contributed by atoms with Crippen molar-refractivity contribution in [2.45, 2.75) is 25.2 Å². The molecule has 23 heavy (non-hydrogen) atoms. The summed E-state index contributed by atoms with van der Waals surface area (Å²) in [6.07, 6.45) is -0.0221. The van der Waals surface area contributed by atoms with E-state index in [1.807, 2.05) is 36.2 Å². The molecule has 0 spiro atoms. The Morgan fingerprint density at radius 3 is 2.78 bits per heavy atom. The van der Waals surface area contributed by atoms with Crippen molar-refractivity contribution in [3.63, 3.8) is 0 Å². The van der Waals surface area contributed by atoms with Crippen LogP contribution in [0.3, 0.4) is 0 Å². The number of hydrogen-bond donors (Lipinski definition) is 1. The van der Waals surface area contributed by atoms with E-state index in [1.54, 1.807) is 7.11 Å². The highest BCUT2D eigenvalue weighted by Crippen LogP contribution is 2.19. The molecule has 1 aromatic rings. The lowest BCUT2D eigenvalue weighted by Crippen LogP contribution is -2.39. The number of aliphatic hydroxyl groups is 1. The van der Waals surface area contributed by atoms with Gasteiger partial charge in [-0.1, -0.05) is 18.2 Å². The van der Waals surface area contributed by atoms with Gasteiger partial charge in [-0.2, -0.15) is 0 Å². The molecule has 0 unspecified atom stereocenters. The Kier molecular flexibility index (Phi) is 6.41. The highest BCUT2D eigenvalue weighted by atomic mass is 32.2. The fourth-order valence-electron chi connectivity index (χ4n) is 2.78. The number of para-hydroxylation sites is 1. The summed E-state index contributed by atoms with van der Waals surface area (Å²) in [6, 6.07) is 7.57. The van der Waals surface area contributed by atoms with Gasteiger partial charge in [0.15, 0.2) is 9.84 Å². The first-order chi connectivity index (χ1) is 10.9. The molecule has 0 radical (unpaired) electrons. The van der Waals surface area contributed by atoms with Crippen molar-refractivity contribution in [1.29, 1.82) is 0 Å². The van der Waals surface area contributed by atoms with E-state index in [2.05, 4.69) is 0 Å². The summed E-state index contributed by atoms with van der Waals surface area (Å²) in [5.74, 6) is 1.18. The number of ether oxygens (including phenoxy) is 2. The summed E-state index contributed by atoms with van der Waals surface area (Å²) < 4.78 is 33.8. The third-order valence-corrected chi connectivity index (χ3v) is 5.84. The minimum absolute atomic E-state index is 0.0103. The van der Waals surface area contributed by atoms with E-state index in [1.165, 1.54) is 0 Å². The molecule has 1 aromatic carbocycles. The zero-order valence-electron chi connectivity index (χ0n) is 13.6. The van der Waals surface area contributed by atoms with E-state index in [0.717, 1.165) is 11.3 Å². The van der Waals surface area contributed by atoms with Crippen molar-refractivity contribution in [2.24, 2.45) is 0 Å². The van der Waals surface area contributed by atoms with E-state index < -0.39 is 15.9 Å². The second kappa shape index (κ2) is 8.10. The van der Waals surface area contributed by atoms with Gasteiger partial charge in [0, 0.05) is 18.2 Å². The van der Waals surface area contributed by atoms with Crippen molar-refractivity contribution in [3.8, 4) is 5.75 Å². The van der Waals surface area contributed by atoms with Crippen LogP contribution in [0.2, 0.25) is 0 Å².